The Morgan fingerprint density at radius 3 is 2.27 bits per heavy atom. The number of nitrogens with zero attached hydrogens (tertiary/aromatic N) is 4. The molecule has 7 aromatic rings. The van der Waals surface area contributed by atoms with E-state index in [2.05, 4.69) is 51.7 Å². The van der Waals surface area contributed by atoms with E-state index >= 15 is 0 Å². The van der Waals surface area contributed by atoms with Crippen LogP contribution in [0, 0.1) is 0 Å². The molecule has 3 N–H and O–H groups in total. The Morgan fingerprint density at radius 1 is 0.818 bits per heavy atom. The summed E-state index contributed by atoms with van der Waals surface area (Å²) in [6, 6.07) is 35.7. The standard InChI is InChI=1S/C45H43N7O3/c1-46-42(32-12-6-3-7-13-32)45(54)52-23-9-15-38(52)44-48-28-36(50-44)33-20-21-39-34(25-33)26-40(55-39)31-18-16-30(17-19-31)35-27-47-43(49-35)37-14-8-22-51(37)41(53)24-29-10-4-2-5-11-29/h2-7,10-13,16-21,25-28,37-38,42,46H,8-9,14-15,22-24H2,1H3,(H,47,49)(H,48,50)/t37-,38-,42+/m0/s1. The van der Waals surface area contributed by atoms with Gasteiger partial charge in [0, 0.05) is 35.8 Å². The van der Waals surface area contributed by atoms with Gasteiger partial charge in [-0.2, -0.15) is 0 Å². The predicted octanol–water partition coefficient (Wildman–Crippen LogP) is 8.41. The Bertz CT molecular complexity index is 2430. The number of likely N-dealkylation sites (tertiary alicyclic amines) is 2. The molecule has 3 aromatic heterocycles. The minimum atomic E-state index is -0.403. The van der Waals surface area contributed by atoms with Gasteiger partial charge in [-0.25, -0.2) is 9.97 Å². The van der Waals surface area contributed by atoms with Crippen molar-refractivity contribution in [2.75, 3.05) is 20.1 Å². The zero-order valence-corrected chi connectivity index (χ0v) is 30.7. The average molecular weight is 730 g/mol. The number of rotatable bonds is 10. The number of H-pyrrole nitrogens is 2. The number of fused-ring (bicyclic) bond motifs is 1. The molecule has 2 aliphatic heterocycles. The van der Waals surface area contributed by atoms with Gasteiger partial charge in [0.2, 0.25) is 11.8 Å². The van der Waals surface area contributed by atoms with Crippen LogP contribution in [0.15, 0.2) is 126 Å². The van der Waals surface area contributed by atoms with E-state index in [0.29, 0.717) is 13.0 Å². The number of imidazole rings is 2. The van der Waals surface area contributed by atoms with Crippen LogP contribution in [-0.4, -0.2) is 61.7 Å². The zero-order chi connectivity index (χ0) is 37.3. The number of furan rings is 1. The Hall–Kier alpha value is -6.26. The van der Waals surface area contributed by atoms with Gasteiger partial charge in [0.15, 0.2) is 0 Å². The van der Waals surface area contributed by atoms with Crippen molar-refractivity contribution in [3.8, 4) is 33.8 Å². The number of benzene rings is 4. The minimum absolute atomic E-state index is 0.0460. The van der Waals surface area contributed by atoms with Gasteiger partial charge in [0.1, 0.15) is 29.0 Å². The van der Waals surface area contributed by atoms with Crippen LogP contribution in [0.1, 0.15) is 66.6 Å². The second kappa shape index (κ2) is 14.9. The number of aromatic amines is 2. The summed E-state index contributed by atoms with van der Waals surface area (Å²) in [6.07, 6.45) is 7.84. The highest BCUT2D eigenvalue weighted by molar-refractivity contribution is 5.87. The van der Waals surface area contributed by atoms with Gasteiger partial charge < -0.3 is 29.5 Å². The van der Waals surface area contributed by atoms with Crippen LogP contribution in [0.5, 0.6) is 0 Å². The molecule has 0 aliphatic carbocycles. The number of likely N-dealkylation sites (N-methyl/N-ethyl adjacent to an activating group) is 1. The average Bonchev–Trinajstić information content (AvgIpc) is 4.08. The third-order valence-corrected chi connectivity index (χ3v) is 11.1. The quantitative estimate of drug-likeness (QED) is 0.130. The molecular weight excluding hydrogens is 687 g/mol. The van der Waals surface area contributed by atoms with Crippen LogP contribution in [0.25, 0.3) is 44.8 Å². The molecule has 9 rings (SSSR count). The van der Waals surface area contributed by atoms with Gasteiger partial charge in [0.05, 0.1) is 36.1 Å². The van der Waals surface area contributed by atoms with Crippen molar-refractivity contribution >= 4 is 22.8 Å². The third kappa shape index (κ3) is 6.85. The largest absolute Gasteiger partial charge is 0.456 e. The number of nitrogens with one attached hydrogen (secondary N) is 3. The number of hydrogen-bond donors (Lipinski definition) is 3. The van der Waals surface area contributed by atoms with Crippen molar-refractivity contribution in [3.63, 3.8) is 0 Å². The van der Waals surface area contributed by atoms with Crippen LogP contribution >= 0.6 is 0 Å². The summed E-state index contributed by atoms with van der Waals surface area (Å²) < 4.78 is 6.30. The van der Waals surface area contributed by atoms with E-state index in [1.165, 1.54) is 0 Å². The molecular formula is C45H43N7O3. The number of carbonyl (C=O) groups is 2. The molecule has 5 heterocycles. The molecule has 0 bridgehead atoms. The van der Waals surface area contributed by atoms with Crippen molar-refractivity contribution in [1.82, 2.24) is 35.1 Å². The van der Waals surface area contributed by atoms with E-state index in [1.54, 1.807) is 0 Å². The highest BCUT2D eigenvalue weighted by Gasteiger charge is 2.36. The van der Waals surface area contributed by atoms with Crippen molar-refractivity contribution in [2.45, 2.75) is 50.2 Å². The van der Waals surface area contributed by atoms with Crippen molar-refractivity contribution in [2.24, 2.45) is 0 Å². The maximum atomic E-state index is 13.7. The lowest BCUT2D eigenvalue weighted by molar-refractivity contribution is -0.134. The number of amides is 2. The van der Waals surface area contributed by atoms with E-state index in [4.69, 9.17) is 14.4 Å². The Labute approximate surface area is 319 Å². The van der Waals surface area contributed by atoms with Gasteiger partial charge in [0.25, 0.3) is 0 Å². The van der Waals surface area contributed by atoms with Crippen molar-refractivity contribution in [1.29, 1.82) is 0 Å². The van der Waals surface area contributed by atoms with Crippen LogP contribution in [0.3, 0.4) is 0 Å². The fourth-order valence-corrected chi connectivity index (χ4v) is 8.25. The molecule has 55 heavy (non-hydrogen) atoms. The lowest BCUT2D eigenvalue weighted by Gasteiger charge is -2.28. The Kier molecular flexibility index (Phi) is 9.33. The fraction of sp³-hybridized carbons (Fsp3) is 0.244. The highest BCUT2D eigenvalue weighted by atomic mass is 16.3. The minimum Gasteiger partial charge on any atom is -0.456 e. The molecule has 0 radical (unpaired) electrons. The molecule has 0 unspecified atom stereocenters. The normalized spacial score (nSPS) is 17.6. The van der Waals surface area contributed by atoms with Crippen LogP contribution in [0.2, 0.25) is 0 Å². The number of carbonyl (C=O) groups excluding carboxylic acids is 2. The molecule has 2 fully saturated rings. The summed E-state index contributed by atoms with van der Waals surface area (Å²) in [5.41, 5.74) is 7.49. The topological polar surface area (TPSA) is 123 Å². The summed E-state index contributed by atoms with van der Waals surface area (Å²) in [5, 5.41) is 4.20. The molecule has 276 valence electrons. The summed E-state index contributed by atoms with van der Waals surface area (Å²) in [7, 11) is 1.83. The molecule has 0 spiro atoms. The van der Waals surface area contributed by atoms with Gasteiger partial charge in [-0.3, -0.25) is 9.59 Å². The van der Waals surface area contributed by atoms with Gasteiger partial charge in [-0.1, -0.05) is 84.9 Å². The maximum absolute atomic E-state index is 13.7. The van der Waals surface area contributed by atoms with Gasteiger partial charge >= 0.3 is 0 Å². The summed E-state index contributed by atoms with van der Waals surface area (Å²) >= 11 is 0. The van der Waals surface area contributed by atoms with E-state index in [9.17, 15) is 9.59 Å². The summed E-state index contributed by atoms with van der Waals surface area (Å²) in [6.45, 7) is 1.45. The Morgan fingerprint density at radius 2 is 1.51 bits per heavy atom. The van der Waals surface area contributed by atoms with Crippen molar-refractivity contribution in [3.05, 3.63) is 144 Å². The first-order valence-corrected chi connectivity index (χ1v) is 19.1. The molecule has 2 aliphatic rings. The summed E-state index contributed by atoms with van der Waals surface area (Å²) in [5.74, 6) is 2.61. The number of aromatic nitrogens is 4. The van der Waals surface area contributed by atoms with E-state index < -0.39 is 6.04 Å². The molecule has 2 saturated heterocycles. The predicted molar refractivity (Wildman–Crippen MR) is 213 cm³/mol. The molecule has 4 aromatic carbocycles. The molecule has 3 atom stereocenters. The highest BCUT2D eigenvalue weighted by Crippen LogP contribution is 2.36. The Balaban J connectivity index is 0.881. The van der Waals surface area contributed by atoms with Crippen LogP contribution in [-0.2, 0) is 16.0 Å². The van der Waals surface area contributed by atoms with E-state index in [0.717, 1.165) is 99.8 Å². The molecule has 2 amide bonds. The zero-order valence-electron chi connectivity index (χ0n) is 30.7. The molecule has 10 heteroatoms. The maximum Gasteiger partial charge on any atom is 0.244 e. The smallest absolute Gasteiger partial charge is 0.244 e. The van der Waals surface area contributed by atoms with E-state index in [1.807, 2.05) is 102 Å². The second-order valence-electron chi connectivity index (χ2n) is 14.5. The van der Waals surface area contributed by atoms with Gasteiger partial charge in [-0.05, 0) is 73.7 Å². The second-order valence-corrected chi connectivity index (χ2v) is 14.5. The lowest BCUT2D eigenvalue weighted by Crippen LogP contribution is -2.39. The van der Waals surface area contributed by atoms with Crippen molar-refractivity contribution < 1.29 is 14.0 Å². The molecule has 0 saturated carbocycles. The SMILES string of the molecule is CN[C@@H](C(=O)N1CCC[C@H]1c1nc(-c2ccc3oc(-c4ccc(-c5cnc([C@@H]6CCCN6C(=O)Cc6ccccc6)[nH]5)cc4)cc3c2)c[nH]1)c1ccccc1. The first-order chi connectivity index (χ1) is 27.0. The lowest BCUT2D eigenvalue weighted by atomic mass is 10.1. The first-order valence-electron chi connectivity index (χ1n) is 19.1. The third-order valence-electron chi connectivity index (χ3n) is 11.1. The first kappa shape index (κ1) is 34.5. The van der Waals surface area contributed by atoms with Crippen LogP contribution in [0.4, 0.5) is 0 Å². The number of hydrogen-bond acceptors (Lipinski definition) is 6. The fourth-order valence-electron chi connectivity index (χ4n) is 8.25. The van der Waals surface area contributed by atoms with E-state index in [-0.39, 0.29) is 23.9 Å². The van der Waals surface area contributed by atoms with Gasteiger partial charge in [-0.15, -0.1) is 0 Å². The molecule has 10 nitrogen and oxygen atoms in total. The monoisotopic (exact) mass is 729 g/mol. The summed E-state index contributed by atoms with van der Waals surface area (Å²) in [4.78, 5) is 47.5. The van der Waals surface area contributed by atoms with Crippen LogP contribution < -0.4 is 5.32 Å².